The van der Waals surface area contributed by atoms with Gasteiger partial charge in [-0.2, -0.15) is 15.3 Å². The number of carbonyl (C=O) groups excluding carboxylic acids is 1. The van der Waals surface area contributed by atoms with Crippen LogP contribution in [0.5, 0.6) is 0 Å². The topological polar surface area (TPSA) is 113 Å². The van der Waals surface area contributed by atoms with Gasteiger partial charge >= 0.3 is 5.97 Å². The maximum Gasteiger partial charge on any atom is 0.338 e. The zero-order valence-corrected chi connectivity index (χ0v) is 14.5. The van der Waals surface area contributed by atoms with Crippen LogP contribution in [0.1, 0.15) is 22.8 Å². The maximum atomic E-state index is 11.7. The predicted molar refractivity (Wildman–Crippen MR) is 99.9 cm³/mol. The van der Waals surface area contributed by atoms with Gasteiger partial charge in [-0.3, -0.25) is 0 Å². The molecule has 0 fully saturated rings. The Morgan fingerprint density at radius 1 is 1.07 bits per heavy atom. The molecule has 3 aromatic rings. The van der Waals surface area contributed by atoms with E-state index in [0.29, 0.717) is 35.2 Å². The normalized spacial score (nSPS) is 9.93. The number of nitrogens with one attached hydrogen (secondary N) is 2. The van der Waals surface area contributed by atoms with Crippen molar-refractivity contribution in [1.29, 1.82) is 5.26 Å². The molecule has 0 atom stereocenters. The second-order valence-electron chi connectivity index (χ2n) is 5.40. The van der Waals surface area contributed by atoms with Crippen LogP contribution >= 0.6 is 0 Å². The highest BCUT2D eigenvalue weighted by Crippen LogP contribution is 2.18. The smallest absolute Gasteiger partial charge is 0.338 e. The average molecular weight is 360 g/mol. The van der Waals surface area contributed by atoms with Gasteiger partial charge in [0.15, 0.2) is 5.82 Å². The fourth-order valence-corrected chi connectivity index (χ4v) is 2.23. The summed E-state index contributed by atoms with van der Waals surface area (Å²) in [5, 5.41) is 22.8. The van der Waals surface area contributed by atoms with Crippen molar-refractivity contribution in [3.05, 3.63) is 65.9 Å². The fourth-order valence-electron chi connectivity index (χ4n) is 2.23. The molecule has 0 bridgehead atoms. The fraction of sp³-hybridized carbons (Fsp3) is 0.105. The van der Waals surface area contributed by atoms with Crippen LogP contribution in [0.2, 0.25) is 0 Å². The summed E-state index contributed by atoms with van der Waals surface area (Å²) in [6.07, 6.45) is 1.49. The Morgan fingerprint density at radius 2 is 1.74 bits per heavy atom. The van der Waals surface area contributed by atoms with Gasteiger partial charge in [-0.25, -0.2) is 4.79 Å². The molecule has 27 heavy (non-hydrogen) atoms. The van der Waals surface area contributed by atoms with Crippen LogP contribution in [0.3, 0.4) is 0 Å². The van der Waals surface area contributed by atoms with Gasteiger partial charge in [0.2, 0.25) is 5.95 Å². The number of hydrogen-bond acceptors (Lipinski definition) is 8. The Bertz CT molecular complexity index is 965. The third-order valence-electron chi connectivity index (χ3n) is 3.50. The summed E-state index contributed by atoms with van der Waals surface area (Å²) in [6, 6.07) is 15.8. The number of hydrogen-bond donors (Lipinski definition) is 2. The van der Waals surface area contributed by atoms with E-state index in [1.807, 2.05) is 0 Å². The van der Waals surface area contributed by atoms with Crippen molar-refractivity contribution in [2.75, 3.05) is 17.2 Å². The quantitative estimate of drug-likeness (QED) is 0.643. The molecule has 0 saturated carbocycles. The summed E-state index contributed by atoms with van der Waals surface area (Å²) in [7, 11) is 0. The minimum atomic E-state index is -0.365. The van der Waals surface area contributed by atoms with Crippen molar-refractivity contribution in [2.45, 2.75) is 6.92 Å². The molecule has 2 N–H and O–H groups in total. The minimum absolute atomic E-state index is 0.303. The second-order valence-corrected chi connectivity index (χ2v) is 5.40. The lowest BCUT2D eigenvalue weighted by Gasteiger charge is -2.08. The Hall–Kier alpha value is -3.99. The van der Waals surface area contributed by atoms with Crippen LogP contribution in [0.15, 0.2) is 54.7 Å². The molecule has 1 heterocycles. The summed E-state index contributed by atoms with van der Waals surface area (Å²) in [5.74, 6) is 0.438. The highest BCUT2D eigenvalue weighted by atomic mass is 16.5. The van der Waals surface area contributed by atoms with E-state index in [1.165, 1.54) is 6.20 Å². The molecular weight excluding hydrogens is 344 g/mol. The standard InChI is InChI=1S/C19H16N6O2/c1-2-27-18(26)14-5-9-16(10-6-14)23-19-24-17(12-21-25-19)22-15-7-3-13(11-20)4-8-15/h3-10,12H,2H2,1H3,(H2,22,23,24,25). The summed E-state index contributed by atoms with van der Waals surface area (Å²) < 4.78 is 4.95. The van der Waals surface area contributed by atoms with Gasteiger partial charge < -0.3 is 15.4 Å². The minimum Gasteiger partial charge on any atom is -0.462 e. The number of rotatable bonds is 6. The maximum absolute atomic E-state index is 11.7. The molecule has 2 aromatic carbocycles. The molecule has 0 saturated heterocycles. The van der Waals surface area contributed by atoms with Crippen LogP contribution in [0.4, 0.5) is 23.1 Å². The number of nitrogens with zero attached hydrogens (tertiary/aromatic N) is 4. The molecule has 0 spiro atoms. The molecule has 8 heteroatoms. The van der Waals surface area contributed by atoms with Crippen LogP contribution in [-0.4, -0.2) is 27.8 Å². The Kier molecular flexibility index (Phi) is 5.54. The van der Waals surface area contributed by atoms with Crippen LogP contribution in [-0.2, 0) is 4.74 Å². The van der Waals surface area contributed by atoms with Gasteiger partial charge in [-0.1, -0.05) is 0 Å². The summed E-state index contributed by atoms with van der Waals surface area (Å²) in [4.78, 5) is 16.0. The number of nitriles is 1. The molecule has 0 radical (unpaired) electrons. The molecule has 3 rings (SSSR count). The van der Waals surface area contributed by atoms with Gasteiger partial charge in [0, 0.05) is 11.4 Å². The van der Waals surface area contributed by atoms with Crippen LogP contribution in [0.25, 0.3) is 0 Å². The van der Waals surface area contributed by atoms with Crippen molar-refractivity contribution in [2.24, 2.45) is 0 Å². The number of esters is 1. The van der Waals surface area contributed by atoms with Crippen molar-refractivity contribution < 1.29 is 9.53 Å². The number of ether oxygens (including phenoxy) is 1. The van der Waals surface area contributed by atoms with Crippen LogP contribution in [0, 0.1) is 11.3 Å². The van der Waals surface area contributed by atoms with E-state index in [2.05, 4.69) is 31.9 Å². The second kappa shape index (κ2) is 8.40. The Labute approximate surface area is 155 Å². The zero-order valence-electron chi connectivity index (χ0n) is 14.5. The van der Waals surface area contributed by atoms with Gasteiger partial charge in [0.05, 0.1) is 30.0 Å². The largest absolute Gasteiger partial charge is 0.462 e. The lowest BCUT2D eigenvalue weighted by Crippen LogP contribution is -2.05. The van der Waals surface area contributed by atoms with E-state index < -0.39 is 0 Å². The van der Waals surface area contributed by atoms with E-state index in [0.717, 1.165) is 5.69 Å². The number of aromatic nitrogens is 3. The first kappa shape index (κ1) is 17.8. The third-order valence-corrected chi connectivity index (χ3v) is 3.50. The summed E-state index contributed by atoms with van der Waals surface area (Å²) >= 11 is 0. The van der Waals surface area contributed by atoms with Gasteiger partial charge in [-0.05, 0) is 55.5 Å². The molecule has 0 aliphatic carbocycles. The molecule has 0 aliphatic rings. The zero-order chi connectivity index (χ0) is 19.1. The third kappa shape index (κ3) is 4.76. The lowest BCUT2D eigenvalue weighted by molar-refractivity contribution is 0.0526. The van der Waals surface area contributed by atoms with E-state index in [9.17, 15) is 4.79 Å². The SMILES string of the molecule is CCOC(=O)c1ccc(Nc2nncc(Nc3ccc(C#N)cc3)n2)cc1. The monoisotopic (exact) mass is 360 g/mol. The van der Waals surface area contributed by atoms with Gasteiger partial charge in [0.1, 0.15) is 0 Å². The van der Waals surface area contributed by atoms with E-state index >= 15 is 0 Å². The van der Waals surface area contributed by atoms with Gasteiger partial charge in [-0.15, -0.1) is 5.10 Å². The van der Waals surface area contributed by atoms with Crippen molar-refractivity contribution >= 4 is 29.1 Å². The van der Waals surface area contributed by atoms with E-state index in [4.69, 9.17) is 10.00 Å². The molecule has 8 nitrogen and oxygen atoms in total. The highest BCUT2D eigenvalue weighted by Gasteiger charge is 2.07. The first-order chi connectivity index (χ1) is 13.2. The first-order valence-electron chi connectivity index (χ1n) is 8.19. The number of anilines is 4. The molecule has 0 aliphatic heterocycles. The predicted octanol–water partition coefficient (Wildman–Crippen LogP) is 3.41. The molecule has 0 amide bonds. The molecule has 0 unspecified atom stereocenters. The van der Waals surface area contributed by atoms with Crippen molar-refractivity contribution in [3.63, 3.8) is 0 Å². The van der Waals surface area contributed by atoms with Crippen molar-refractivity contribution in [3.8, 4) is 6.07 Å². The number of benzene rings is 2. The van der Waals surface area contributed by atoms with Crippen LogP contribution < -0.4 is 10.6 Å². The molecule has 134 valence electrons. The highest BCUT2D eigenvalue weighted by molar-refractivity contribution is 5.89. The van der Waals surface area contributed by atoms with E-state index in [1.54, 1.807) is 55.5 Å². The Balaban J connectivity index is 1.68. The first-order valence-corrected chi connectivity index (χ1v) is 8.19. The molecule has 1 aromatic heterocycles. The Morgan fingerprint density at radius 3 is 2.41 bits per heavy atom. The number of carbonyl (C=O) groups is 1. The molecular formula is C19H16N6O2. The summed E-state index contributed by atoms with van der Waals surface area (Å²) in [6.45, 7) is 2.09. The summed E-state index contributed by atoms with van der Waals surface area (Å²) in [5.41, 5.74) is 2.53. The van der Waals surface area contributed by atoms with E-state index in [-0.39, 0.29) is 5.97 Å². The lowest BCUT2D eigenvalue weighted by atomic mass is 10.2. The van der Waals surface area contributed by atoms with Crippen molar-refractivity contribution in [1.82, 2.24) is 15.2 Å². The van der Waals surface area contributed by atoms with Gasteiger partial charge in [0.25, 0.3) is 0 Å². The average Bonchev–Trinajstić information content (AvgIpc) is 2.70.